The molecule has 1 aromatic rings. The van der Waals surface area contributed by atoms with Crippen LogP contribution in [-0.4, -0.2) is 32.2 Å². The molecule has 21 heavy (non-hydrogen) atoms. The average Bonchev–Trinajstić information content (AvgIpc) is 3.01. The van der Waals surface area contributed by atoms with Crippen LogP contribution < -0.4 is 10.2 Å². The van der Waals surface area contributed by atoms with E-state index >= 15 is 0 Å². The second-order valence-electron chi connectivity index (χ2n) is 5.95. The lowest BCUT2D eigenvalue weighted by Crippen LogP contribution is -2.41. The van der Waals surface area contributed by atoms with Crippen molar-refractivity contribution in [2.45, 2.75) is 39.3 Å². The molecule has 0 unspecified atom stereocenters. The lowest BCUT2D eigenvalue weighted by atomic mass is 10.0. The highest BCUT2D eigenvalue weighted by molar-refractivity contribution is 5.76. The number of anilines is 1. The van der Waals surface area contributed by atoms with Crippen molar-refractivity contribution in [2.24, 2.45) is 5.92 Å². The van der Waals surface area contributed by atoms with Gasteiger partial charge >= 0.3 is 5.97 Å². The van der Waals surface area contributed by atoms with E-state index in [4.69, 9.17) is 4.74 Å². The van der Waals surface area contributed by atoms with Gasteiger partial charge in [0.2, 0.25) is 0 Å². The molecule has 0 aliphatic carbocycles. The summed E-state index contributed by atoms with van der Waals surface area (Å²) in [6.45, 7) is 7.00. The molecule has 1 aliphatic heterocycles. The smallest absolute Gasteiger partial charge is 0.323 e. The van der Waals surface area contributed by atoms with E-state index in [1.165, 1.54) is 31.2 Å². The first kappa shape index (κ1) is 15.8. The molecule has 1 saturated heterocycles. The fourth-order valence-corrected chi connectivity index (χ4v) is 2.86. The molecule has 1 heterocycles. The zero-order chi connectivity index (χ0) is 15.2. The van der Waals surface area contributed by atoms with E-state index in [2.05, 4.69) is 34.5 Å². The second kappa shape index (κ2) is 7.46. The van der Waals surface area contributed by atoms with E-state index in [-0.39, 0.29) is 17.9 Å². The second-order valence-corrected chi connectivity index (χ2v) is 5.95. The van der Waals surface area contributed by atoms with E-state index in [1.54, 1.807) is 0 Å². The van der Waals surface area contributed by atoms with Gasteiger partial charge < -0.3 is 9.64 Å². The molecule has 0 aromatic heterocycles. The van der Waals surface area contributed by atoms with Crippen LogP contribution in [0.25, 0.3) is 0 Å². The van der Waals surface area contributed by atoms with E-state index in [1.807, 2.05) is 13.8 Å². The summed E-state index contributed by atoms with van der Waals surface area (Å²) >= 11 is 0. The number of methoxy groups -OCH3 is 1. The van der Waals surface area contributed by atoms with Crippen molar-refractivity contribution in [3.63, 3.8) is 0 Å². The van der Waals surface area contributed by atoms with Crippen molar-refractivity contribution >= 4 is 11.7 Å². The van der Waals surface area contributed by atoms with Crippen LogP contribution in [0.3, 0.4) is 0 Å². The lowest BCUT2D eigenvalue weighted by Gasteiger charge is -2.24. The third-order valence-electron chi connectivity index (χ3n) is 4.07. The zero-order valence-corrected chi connectivity index (χ0v) is 13.3. The third kappa shape index (κ3) is 3.97. The number of ether oxygens (including phenoxy) is 1. The molecule has 1 atom stereocenters. The van der Waals surface area contributed by atoms with Crippen LogP contribution in [-0.2, 0) is 16.1 Å². The number of carbonyl (C=O) groups is 1. The Balaban J connectivity index is 2.06. The molecule has 4 heteroatoms. The van der Waals surface area contributed by atoms with E-state index < -0.39 is 0 Å². The third-order valence-corrected chi connectivity index (χ3v) is 4.07. The number of carbonyl (C=O) groups excluding carboxylic acids is 1. The summed E-state index contributed by atoms with van der Waals surface area (Å²) in [5.74, 6) is 0.0139. The summed E-state index contributed by atoms with van der Waals surface area (Å²) < 4.78 is 4.88. The predicted molar refractivity (Wildman–Crippen MR) is 85.4 cm³/mol. The van der Waals surface area contributed by atoms with Crippen LogP contribution in [0.15, 0.2) is 24.3 Å². The molecule has 1 aromatic carbocycles. The Hall–Kier alpha value is -1.55. The molecule has 1 aliphatic rings. The highest BCUT2D eigenvalue weighted by Crippen LogP contribution is 2.24. The minimum absolute atomic E-state index is 0.191. The number of benzene rings is 1. The molecule has 0 bridgehead atoms. The minimum atomic E-state index is -0.262. The van der Waals surface area contributed by atoms with Crippen molar-refractivity contribution in [3.05, 3.63) is 29.8 Å². The molecule has 0 saturated carbocycles. The summed E-state index contributed by atoms with van der Waals surface area (Å²) in [6, 6.07) is 8.18. The summed E-state index contributed by atoms with van der Waals surface area (Å²) in [4.78, 5) is 14.3. The van der Waals surface area contributed by atoms with Crippen molar-refractivity contribution in [3.8, 4) is 0 Å². The molecular formula is C17H26N2O2. The highest BCUT2D eigenvalue weighted by Gasteiger charge is 2.23. The monoisotopic (exact) mass is 290 g/mol. The number of esters is 1. The standard InChI is InChI=1S/C17H26N2O2/c1-13(2)16(17(20)21-3)18-12-14-8-4-5-9-15(14)19-10-6-7-11-19/h4-5,8-9,13,16,18H,6-7,10-12H2,1-3H3/t16-/m0/s1. The Morgan fingerprint density at radius 2 is 1.95 bits per heavy atom. The van der Waals surface area contributed by atoms with Gasteiger partial charge in [-0.2, -0.15) is 0 Å². The van der Waals surface area contributed by atoms with Crippen molar-refractivity contribution in [1.82, 2.24) is 5.32 Å². The van der Waals surface area contributed by atoms with Gasteiger partial charge in [0.1, 0.15) is 6.04 Å². The maximum atomic E-state index is 11.8. The van der Waals surface area contributed by atoms with E-state index in [9.17, 15) is 4.79 Å². The first-order valence-corrected chi connectivity index (χ1v) is 7.77. The van der Waals surface area contributed by atoms with Gasteiger partial charge in [-0.1, -0.05) is 32.0 Å². The molecule has 1 N–H and O–H groups in total. The molecular weight excluding hydrogens is 264 g/mol. The predicted octanol–water partition coefficient (Wildman–Crippen LogP) is 2.57. The fraction of sp³-hybridized carbons (Fsp3) is 0.588. The fourth-order valence-electron chi connectivity index (χ4n) is 2.86. The Kier molecular flexibility index (Phi) is 5.62. The Morgan fingerprint density at radius 3 is 2.57 bits per heavy atom. The van der Waals surface area contributed by atoms with Crippen LogP contribution in [0.1, 0.15) is 32.3 Å². The van der Waals surface area contributed by atoms with Gasteiger partial charge in [-0.25, -0.2) is 0 Å². The SMILES string of the molecule is COC(=O)[C@@H](NCc1ccccc1N1CCCC1)C(C)C. The number of para-hydroxylation sites is 1. The Morgan fingerprint density at radius 1 is 1.29 bits per heavy atom. The summed E-state index contributed by atoms with van der Waals surface area (Å²) in [5, 5.41) is 3.35. The zero-order valence-electron chi connectivity index (χ0n) is 13.3. The molecule has 0 amide bonds. The largest absolute Gasteiger partial charge is 0.468 e. The first-order valence-electron chi connectivity index (χ1n) is 7.77. The van der Waals surface area contributed by atoms with Crippen molar-refractivity contribution < 1.29 is 9.53 Å². The van der Waals surface area contributed by atoms with Gasteiger partial charge in [0.15, 0.2) is 0 Å². The number of hydrogen-bond donors (Lipinski definition) is 1. The highest BCUT2D eigenvalue weighted by atomic mass is 16.5. The maximum absolute atomic E-state index is 11.8. The van der Waals surface area contributed by atoms with Crippen molar-refractivity contribution in [2.75, 3.05) is 25.1 Å². The van der Waals surface area contributed by atoms with Crippen LogP contribution in [0.5, 0.6) is 0 Å². The van der Waals surface area contributed by atoms with E-state index in [0.29, 0.717) is 6.54 Å². The normalized spacial score (nSPS) is 16.3. The molecule has 2 rings (SSSR count). The average molecular weight is 290 g/mol. The minimum Gasteiger partial charge on any atom is -0.468 e. The quantitative estimate of drug-likeness (QED) is 0.818. The van der Waals surface area contributed by atoms with E-state index in [0.717, 1.165) is 13.1 Å². The molecule has 4 nitrogen and oxygen atoms in total. The topological polar surface area (TPSA) is 41.6 Å². The summed E-state index contributed by atoms with van der Waals surface area (Å²) in [5.41, 5.74) is 2.53. The van der Waals surface area contributed by atoms with Gasteiger partial charge in [-0.15, -0.1) is 0 Å². The Bertz CT molecular complexity index is 468. The molecule has 0 radical (unpaired) electrons. The van der Waals surface area contributed by atoms with Crippen molar-refractivity contribution in [1.29, 1.82) is 0 Å². The van der Waals surface area contributed by atoms with Gasteiger partial charge in [0.25, 0.3) is 0 Å². The van der Waals surface area contributed by atoms with Gasteiger partial charge in [-0.05, 0) is 30.4 Å². The van der Waals surface area contributed by atoms with Crippen LogP contribution in [0.4, 0.5) is 5.69 Å². The van der Waals surface area contributed by atoms with Gasteiger partial charge in [0, 0.05) is 25.3 Å². The summed E-state index contributed by atoms with van der Waals surface area (Å²) in [7, 11) is 1.44. The molecule has 0 spiro atoms. The molecule has 116 valence electrons. The van der Waals surface area contributed by atoms with Crippen LogP contribution in [0.2, 0.25) is 0 Å². The van der Waals surface area contributed by atoms with Gasteiger partial charge in [0.05, 0.1) is 7.11 Å². The lowest BCUT2D eigenvalue weighted by molar-refractivity contribution is -0.144. The number of nitrogens with zero attached hydrogens (tertiary/aromatic N) is 1. The number of rotatable bonds is 6. The first-order chi connectivity index (χ1) is 10.1. The van der Waals surface area contributed by atoms with Crippen LogP contribution in [0, 0.1) is 5.92 Å². The van der Waals surface area contributed by atoms with Crippen LogP contribution >= 0.6 is 0 Å². The molecule has 1 fully saturated rings. The number of hydrogen-bond acceptors (Lipinski definition) is 4. The number of nitrogens with one attached hydrogen (secondary N) is 1. The van der Waals surface area contributed by atoms with Gasteiger partial charge in [-0.3, -0.25) is 10.1 Å². The Labute approximate surface area is 127 Å². The maximum Gasteiger partial charge on any atom is 0.323 e. The summed E-state index contributed by atoms with van der Waals surface area (Å²) in [6.07, 6.45) is 2.52.